The molecular weight excluding hydrogens is 386 g/mol. The Balaban J connectivity index is 1.46. The van der Waals surface area contributed by atoms with Crippen LogP contribution in [0, 0.1) is 13.8 Å². The van der Waals surface area contributed by atoms with Crippen molar-refractivity contribution in [3.63, 3.8) is 0 Å². The van der Waals surface area contributed by atoms with E-state index >= 15 is 0 Å². The molecule has 1 aliphatic heterocycles. The van der Waals surface area contributed by atoms with Crippen molar-refractivity contribution in [1.82, 2.24) is 15.2 Å². The van der Waals surface area contributed by atoms with Gasteiger partial charge in [-0.25, -0.2) is 4.98 Å². The zero-order valence-electron chi connectivity index (χ0n) is 17.6. The number of carbonyl (C=O) groups is 1. The minimum absolute atomic E-state index is 0.0122. The molecule has 1 fully saturated rings. The molecule has 0 unspecified atom stereocenters. The molecule has 0 bridgehead atoms. The maximum atomic E-state index is 12.4. The van der Waals surface area contributed by atoms with Crippen molar-refractivity contribution in [2.45, 2.75) is 51.8 Å². The Bertz CT molecular complexity index is 847. The van der Waals surface area contributed by atoms with Crippen molar-refractivity contribution in [2.75, 3.05) is 25.4 Å². The normalized spacial score (nSPS) is 18.5. The molecule has 2 heterocycles. The molecule has 0 aliphatic carbocycles. The Morgan fingerprint density at radius 2 is 2.03 bits per heavy atom. The first kappa shape index (κ1) is 21.7. The molecule has 1 saturated heterocycles. The third kappa shape index (κ3) is 6.24. The van der Waals surface area contributed by atoms with E-state index in [1.165, 1.54) is 24.8 Å². The van der Waals surface area contributed by atoms with Crippen LogP contribution in [0.2, 0.25) is 0 Å². The summed E-state index contributed by atoms with van der Waals surface area (Å²) < 4.78 is 18.2. The van der Waals surface area contributed by atoms with Gasteiger partial charge in [-0.3, -0.25) is 13.9 Å². The summed E-state index contributed by atoms with van der Waals surface area (Å²) in [6.45, 7) is 8.62. The van der Waals surface area contributed by atoms with Crippen LogP contribution in [0.25, 0.3) is 11.5 Å². The summed E-state index contributed by atoms with van der Waals surface area (Å²) in [6.07, 6.45) is 3.74. The Labute approximate surface area is 175 Å². The molecule has 0 radical (unpaired) electrons. The first-order valence-corrected chi connectivity index (χ1v) is 11.8. The number of amides is 1. The van der Waals surface area contributed by atoms with Crippen LogP contribution in [0.1, 0.15) is 43.2 Å². The van der Waals surface area contributed by atoms with Gasteiger partial charge in [-0.1, -0.05) is 24.1 Å². The van der Waals surface area contributed by atoms with E-state index in [0.29, 0.717) is 29.9 Å². The highest BCUT2D eigenvalue weighted by atomic mass is 32.2. The number of aryl methyl sites for hydroxylation is 2. The molecule has 6 nitrogen and oxygen atoms in total. The Morgan fingerprint density at radius 1 is 1.28 bits per heavy atom. The van der Waals surface area contributed by atoms with Crippen molar-refractivity contribution in [3.05, 3.63) is 41.3 Å². The Hall–Kier alpha value is -1.99. The van der Waals surface area contributed by atoms with Gasteiger partial charge in [0.05, 0.1) is 11.4 Å². The zero-order valence-corrected chi connectivity index (χ0v) is 18.4. The summed E-state index contributed by atoms with van der Waals surface area (Å²) in [5.74, 6) is 1.20. The molecular formula is C22H31N3O3S. The number of nitrogens with one attached hydrogen (secondary N) is 1. The van der Waals surface area contributed by atoms with Crippen molar-refractivity contribution in [2.24, 2.45) is 0 Å². The van der Waals surface area contributed by atoms with Gasteiger partial charge in [-0.2, -0.15) is 0 Å². The van der Waals surface area contributed by atoms with Crippen LogP contribution in [0.5, 0.6) is 0 Å². The SMILES string of the molecule is Cc1ccc(-c2nc(C[S@@](=O)CC(=O)NCCN3CCCC[C@@H]3C)c(C)o2)cc1. The highest BCUT2D eigenvalue weighted by Crippen LogP contribution is 2.23. The van der Waals surface area contributed by atoms with Gasteiger partial charge in [-0.15, -0.1) is 0 Å². The van der Waals surface area contributed by atoms with Gasteiger partial charge in [0.15, 0.2) is 0 Å². The Kier molecular flexibility index (Phi) is 7.61. The number of hydrogen-bond donors (Lipinski definition) is 1. The molecule has 29 heavy (non-hydrogen) atoms. The van der Waals surface area contributed by atoms with E-state index in [1.807, 2.05) is 38.1 Å². The van der Waals surface area contributed by atoms with Crippen LogP contribution in [0.3, 0.4) is 0 Å². The third-order valence-electron chi connectivity index (χ3n) is 5.44. The van der Waals surface area contributed by atoms with Gasteiger partial charge in [0.2, 0.25) is 11.8 Å². The van der Waals surface area contributed by atoms with E-state index in [1.54, 1.807) is 0 Å². The van der Waals surface area contributed by atoms with Crippen LogP contribution in [-0.2, 0) is 21.3 Å². The second-order valence-corrected chi connectivity index (χ2v) is 9.30. The number of rotatable bonds is 8. The quantitative estimate of drug-likeness (QED) is 0.714. The van der Waals surface area contributed by atoms with Gasteiger partial charge < -0.3 is 9.73 Å². The molecule has 0 saturated carbocycles. The minimum atomic E-state index is -1.32. The largest absolute Gasteiger partial charge is 0.441 e. The van der Waals surface area contributed by atoms with Crippen LogP contribution in [0.4, 0.5) is 0 Å². The lowest BCUT2D eigenvalue weighted by Gasteiger charge is -2.33. The fraction of sp³-hybridized carbons (Fsp3) is 0.545. The lowest BCUT2D eigenvalue weighted by Crippen LogP contribution is -2.43. The van der Waals surface area contributed by atoms with Crippen molar-refractivity contribution in [1.29, 1.82) is 0 Å². The summed E-state index contributed by atoms with van der Waals surface area (Å²) in [6, 6.07) is 8.49. The average molecular weight is 418 g/mol. The summed E-state index contributed by atoms with van der Waals surface area (Å²) >= 11 is 0. The van der Waals surface area contributed by atoms with Gasteiger partial charge in [0, 0.05) is 35.5 Å². The molecule has 1 aromatic carbocycles. The van der Waals surface area contributed by atoms with Gasteiger partial charge in [-0.05, 0) is 52.3 Å². The predicted molar refractivity (Wildman–Crippen MR) is 116 cm³/mol. The maximum Gasteiger partial charge on any atom is 0.232 e. The number of aromatic nitrogens is 1. The first-order chi connectivity index (χ1) is 13.9. The van der Waals surface area contributed by atoms with E-state index in [4.69, 9.17) is 4.42 Å². The number of piperidine rings is 1. The van der Waals surface area contributed by atoms with Crippen molar-refractivity contribution < 1.29 is 13.4 Å². The number of likely N-dealkylation sites (tertiary alicyclic amines) is 1. The molecule has 0 spiro atoms. The van der Waals surface area contributed by atoms with Crippen LogP contribution < -0.4 is 5.32 Å². The number of benzene rings is 1. The van der Waals surface area contributed by atoms with E-state index < -0.39 is 10.8 Å². The summed E-state index contributed by atoms with van der Waals surface area (Å²) in [4.78, 5) is 19.0. The van der Waals surface area contributed by atoms with Crippen LogP contribution in [-0.4, -0.2) is 51.4 Å². The molecule has 1 aromatic heterocycles. The van der Waals surface area contributed by atoms with Gasteiger partial charge >= 0.3 is 0 Å². The fourth-order valence-corrected chi connectivity index (χ4v) is 4.68. The standard InChI is InChI=1S/C22H31N3O3S/c1-16-7-9-19(10-8-16)22-24-20(18(3)28-22)14-29(27)15-21(26)23-11-13-25-12-5-4-6-17(25)2/h7-10,17H,4-6,11-15H2,1-3H3,(H,23,26)/t17-,29+/m0/s1. The maximum absolute atomic E-state index is 12.4. The number of oxazole rings is 1. The number of nitrogens with zero attached hydrogens (tertiary/aromatic N) is 2. The minimum Gasteiger partial charge on any atom is -0.441 e. The molecule has 2 atom stereocenters. The second-order valence-electron chi connectivity index (χ2n) is 7.85. The van der Waals surface area contributed by atoms with Gasteiger partial charge in [0.25, 0.3) is 0 Å². The number of carbonyl (C=O) groups excluding carboxylic acids is 1. The summed E-state index contributed by atoms with van der Waals surface area (Å²) in [5.41, 5.74) is 2.70. The van der Waals surface area contributed by atoms with Crippen molar-refractivity contribution >= 4 is 16.7 Å². The molecule has 3 rings (SSSR count). The second kappa shape index (κ2) is 10.2. The molecule has 2 aromatic rings. The zero-order chi connectivity index (χ0) is 20.8. The smallest absolute Gasteiger partial charge is 0.232 e. The van der Waals surface area contributed by atoms with E-state index in [-0.39, 0.29) is 17.4 Å². The summed E-state index contributed by atoms with van der Waals surface area (Å²) in [5, 5.41) is 2.90. The summed E-state index contributed by atoms with van der Waals surface area (Å²) in [7, 11) is -1.32. The molecule has 1 N–H and O–H groups in total. The number of hydrogen-bond acceptors (Lipinski definition) is 5. The van der Waals surface area contributed by atoms with Crippen molar-refractivity contribution in [3.8, 4) is 11.5 Å². The third-order valence-corrected chi connectivity index (χ3v) is 6.62. The topological polar surface area (TPSA) is 75.4 Å². The monoisotopic (exact) mass is 417 g/mol. The molecule has 1 aliphatic rings. The molecule has 158 valence electrons. The lowest BCUT2D eigenvalue weighted by atomic mass is 10.0. The lowest BCUT2D eigenvalue weighted by molar-refractivity contribution is -0.118. The average Bonchev–Trinajstić information content (AvgIpc) is 3.04. The van der Waals surface area contributed by atoms with Gasteiger partial charge in [0.1, 0.15) is 11.5 Å². The Morgan fingerprint density at radius 3 is 2.76 bits per heavy atom. The predicted octanol–water partition coefficient (Wildman–Crippen LogP) is 3.20. The molecule has 7 heteroatoms. The molecule has 1 amide bonds. The van der Waals surface area contributed by atoms with E-state index in [2.05, 4.69) is 22.1 Å². The first-order valence-electron chi connectivity index (χ1n) is 10.3. The highest BCUT2D eigenvalue weighted by Gasteiger charge is 2.19. The van der Waals surface area contributed by atoms with Crippen LogP contribution in [0.15, 0.2) is 28.7 Å². The van der Waals surface area contributed by atoms with E-state index in [9.17, 15) is 9.00 Å². The highest BCUT2D eigenvalue weighted by molar-refractivity contribution is 7.84. The fourth-order valence-electron chi connectivity index (χ4n) is 3.61. The van der Waals surface area contributed by atoms with Crippen LogP contribution >= 0.6 is 0 Å². The van der Waals surface area contributed by atoms with E-state index in [0.717, 1.165) is 18.7 Å².